The number of nitriles is 1. The van der Waals surface area contributed by atoms with Crippen LogP contribution in [0.1, 0.15) is 17.0 Å². The average molecular weight is 268 g/mol. The largest absolute Gasteiger partial charge is 0.378 e. The van der Waals surface area contributed by atoms with Gasteiger partial charge in [0.2, 0.25) is 0 Å². The maximum atomic E-state index is 12.9. The van der Waals surface area contributed by atoms with Crippen LogP contribution < -0.4 is 4.90 Å². The van der Waals surface area contributed by atoms with Crippen molar-refractivity contribution in [1.29, 1.82) is 5.26 Å². The fourth-order valence-corrected chi connectivity index (χ4v) is 2.10. The van der Waals surface area contributed by atoms with E-state index in [1.807, 2.05) is 43.3 Å². The minimum atomic E-state index is -0.252. The molecular weight excluding hydrogens is 251 g/mol. The first-order chi connectivity index (χ1) is 9.60. The Morgan fingerprint density at radius 2 is 1.65 bits per heavy atom. The third-order valence-electron chi connectivity index (χ3n) is 3.32. The van der Waals surface area contributed by atoms with Gasteiger partial charge in [-0.3, -0.25) is 0 Å². The van der Waals surface area contributed by atoms with E-state index in [1.54, 1.807) is 12.1 Å². The zero-order valence-electron chi connectivity index (χ0n) is 11.7. The third kappa shape index (κ3) is 3.36. The summed E-state index contributed by atoms with van der Waals surface area (Å²) in [5.41, 5.74) is 3.06. The molecular formula is C17H17FN2. The molecule has 0 spiro atoms. The van der Waals surface area contributed by atoms with E-state index in [-0.39, 0.29) is 11.7 Å². The van der Waals surface area contributed by atoms with Crippen molar-refractivity contribution in [2.75, 3.05) is 19.0 Å². The highest BCUT2D eigenvalue weighted by Gasteiger charge is 2.11. The second kappa shape index (κ2) is 6.21. The van der Waals surface area contributed by atoms with E-state index in [0.29, 0.717) is 6.42 Å². The first-order valence-corrected chi connectivity index (χ1v) is 6.51. The summed E-state index contributed by atoms with van der Waals surface area (Å²) in [6, 6.07) is 16.6. The number of hydrogen-bond acceptors (Lipinski definition) is 2. The van der Waals surface area contributed by atoms with Gasteiger partial charge in [-0.25, -0.2) is 4.39 Å². The maximum absolute atomic E-state index is 12.9. The van der Waals surface area contributed by atoms with Crippen LogP contribution >= 0.6 is 0 Å². The van der Waals surface area contributed by atoms with Crippen LogP contribution in [0, 0.1) is 17.1 Å². The lowest BCUT2D eigenvalue weighted by Crippen LogP contribution is -2.08. The monoisotopic (exact) mass is 268 g/mol. The zero-order chi connectivity index (χ0) is 14.5. The summed E-state index contributed by atoms with van der Waals surface area (Å²) in [4.78, 5) is 2.02. The molecule has 0 amide bonds. The van der Waals surface area contributed by atoms with Crippen molar-refractivity contribution in [2.45, 2.75) is 12.3 Å². The highest BCUT2D eigenvalue weighted by atomic mass is 19.1. The topological polar surface area (TPSA) is 27.0 Å². The van der Waals surface area contributed by atoms with Gasteiger partial charge in [-0.1, -0.05) is 24.3 Å². The van der Waals surface area contributed by atoms with Gasteiger partial charge in [-0.15, -0.1) is 0 Å². The normalized spacial score (nSPS) is 11.7. The summed E-state index contributed by atoms with van der Waals surface area (Å²) < 4.78 is 12.9. The van der Waals surface area contributed by atoms with Gasteiger partial charge in [-0.05, 0) is 41.8 Å². The van der Waals surface area contributed by atoms with E-state index >= 15 is 0 Å². The van der Waals surface area contributed by atoms with Crippen molar-refractivity contribution in [3.63, 3.8) is 0 Å². The summed E-state index contributed by atoms with van der Waals surface area (Å²) in [6.07, 6.45) is 0.595. The Hall–Kier alpha value is -2.34. The Morgan fingerprint density at radius 3 is 2.15 bits per heavy atom. The molecule has 2 nitrogen and oxygen atoms in total. The van der Waals surface area contributed by atoms with Crippen molar-refractivity contribution >= 4 is 5.69 Å². The highest BCUT2D eigenvalue weighted by Crippen LogP contribution is 2.23. The van der Waals surface area contributed by atoms with Crippen LogP contribution in [0.3, 0.4) is 0 Å². The molecule has 0 aliphatic carbocycles. The number of nitrogens with zero attached hydrogens (tertiary/aromatic N) is 2. The number of anilines is 1. The molecule has 2 rings (SSSR count). The summed E-state index contributed by atoms with van der Waals surface area (Å²) in [5.74, 6) is -0.464. The third-order valence-corrected chi connectivity index (χ3v) is 3.32. The predicted octanol–water partition coefficient (Wildman–Crippen LogP) is 3.74. The second-order valence-corrected chi connectivity index (χ2v) is 5.00. The van der Waals surface area contributed by atoms with Gasteiger partial charge in [0.25, 0.3) is 0 Å². The minimum Gasteiger partial charge on any atom is -0.378 e. The summed E-state index contributed by atoms with van der Waals surface area (Å²) in [6.45, 7) is 0. The molecule has 0 aliphatic rings. The van der Waals surface area contributed by atoms with Crippen LogP contribution in [0.25, 0.3) is 0 Å². The van der Waals surface area contributed by atoms with Crippen molar-refractivity contribution in [2.24, 2.45) is 0 Å². The van der Waals surface area contributed by atoms with E-state index in [9.17, 15) is 9.65 Å². The molecule has 2 aromatic carbocycles. The molecule has 2 aromatic rings. The van der Waals surface area contributed by atoms with E-state index in [2.05, 4.69) is 6.07 Å². The Bertz CT molecular complexity index is 594. The SMILES string of the molecule is CN(C)c1ccc(C(C#N)Cc2ccc(F)cc2)cc1. The fourth-order valence-electron chi connectivity index (χ4n) is 2.10. The van der Waals surface area contributed by atoms with Crippen LogP contribution in [-0.2, 0) is 6.42 Å². The Balaban J connectivity index is 2.16. The van der Waals surface area contributed by atoms with Crippen molar-refractivity contribution in [1.82, 2.24) is 0 Å². The number of halogens is 1. The van der Waals surface area contributed by atoms with Crippen LogP contribution in [0.5, 0.6) is 0 Å². The molecule has 0 fully saturated rings. The molecule has 3 heteroatoms. The summed E-state index contributed by atoms with van der Waals surface area (Å²) in [5, 5.41) is 9.34. The van der Waals surface area contributed by atoms with E-state index < -0.39 is 0 Å². The molecule has 1 unspecified atom stereocenters. The first-order valence-electron chi connectivity index (χ1n) is 6.51. The van der Waals surface area contributed by atoms with Crippen molar-refractivity contribution in [3.05, 3.63) is 65.5 Å². The van der Waals surface area contributed by atoms with Gasteiger partial charge in [-0.2, -0.15) is 5.26 Å². The molecule has 1 atom stereocenters. The molecule has 0 saturated heterocycles. The summed E-state index contributed by atoms with van der Waals surface area (Å²) >= 11 is 0. The molecule has 0 bridgehead atoms. The molecule has 20 heavy (non-hydrogen) atoms. The van der Waals surface area contributed by atoms with Crippen LogP contribution in [0.15, 0.2) is 48.5 Å². The van der Waals surface area contributed by atoms with Crippen LogP contribution in [-0.4, -0.2) is 14.1 Å². The Morgan fingerprint density at radius 1 is 1.05 bits per heavy atom. The van der Waals surface area contributed by atoms with Gasteiger partial charge < -0.3 is 4.90 Å². The van der Waals surface area contributed by atoms with E-state index in [1.165, 1.54) is 12.1 Å². The van der Waals surface area contributed by atoms with E-state index in [0.717, 1.165) is 16.8 Å². The van der Waals surface area contributed by atoms with Gasteiger partial charge in [0.05, 0.1) is 12.0 Å². The number of rotatable bonds is 4. The summed E-state index contributed by atoms with van der Waals surface area (Å²) in [7, 11) is 3.96. The second-order valence-electron chi connectivity index (χ2n) is 5.00. The lowest BCUT2D eigenvalue weighted by Gasteiger charge is -2.14. The lowest BCUT2D eigenvalue weighted by atomic mass is 9.93. The highest BCUT2D eigenvalue weighted by molar-refractivity contribution is 5.47. The fraction of sp³-hybridized carbons (Fsp3) is 0.235. The van der Waals surface area contributed by atoms with Gasteiger partial charge in [0, 0.05) is 19.8 Å². The molecule has 0 aromatic heterocycles. The van der Waals surface area contributed by atoms with Gasteiger partial charge in [0.1, 0.15) is 5.82 Å². The standard InChI is InChI=1S/C17H17FN2/c1-20(2)17-9-5-14(6-10-17)15(12-19)11-13-3-7-16(18)8-4-13/h3-10,15H,11H2,1-2H3. The smallest absolute Gasteiger partial charge is 0.123 e. The average Bonchev–Trinajstić information content (AvgIpc) is 2.47. The molecule has 0 radical (unpaired) electrons. The van der Waals surface area contributed by atoms with Crippen molar-refractivity contribution in [3.8, 4) is 6.07 Å². The lowest BCUT2D eigenvalue weighted by molar-refractivity contribution is 0.626. The molecule has 0 saturated carbocycles. The Kier molecular flexibility index (Phi) is 4.37. The van der Waals surface area contributed by atoms with Gasteiger partial charge in [0.15, 0.2) is 0 Å². The quantitative estimate of drug-likeness (QED) is 0.844. The van der Waals surface area contributed by atoms with Crippen LogP contribution in [0.2, 0.25) is 0 Å². The maximum Gasteiger partial charge on any atom is 0.123 e. The Labute approximate surface area is 119 Å². The predicted molar refractivity (Wildman–Crippen MR) is 79.2 cm³/mol. The number of benzene rings is 2. The van der Waals surface area contributed by atoms with Crippen LogP contribution in [0.4, 0.5) is 10.1 Å². The minimum absolute atomic E-state index is 0.211. The van der Waals surface area contributed by atoms with E-state index in [4.69, 9.17) is 0 Å². The molecule has 0 heterocycles. The first kappa shape index (κ1) is 14.1. The molecule has 0 N–H and O–H groups in total. The molecule has 0 aliphatic heterocycles. The molecule has 102 valence electrons. The zero-order valence-corrected chi connectivity index (χ0v) is 11.7. The van der Waals surface area contributed by atoms with Gasteiger partial charge >= 0.3 is 0 Å². The van der Waals surface area contributed by atoms with Crippen molar-refractivity contribution < 1.29 is 4.39 Å². The number of hydrogen-bond donors (Lipinski definition) is 0.